The zero-order valence-corrected chi connectivity index (χ0v) is 9.09. The lowest BCUT2D eigenvalue weighted by Gasteiger charge is -2.18. The molecular formula is C11H16Si. The third kappa shape index (κ3) is 1.86. The second-order valence-corrected chi connectivity index (χ2v) is 9.08. The Labute approximate surface area is 75.9 Å². The van der Waals surface area contributed by atoms with Gasteiger partial charge in [-0.2, -0.15) is 0 Å². The highest BCUT2D eigenvalue weighted by molar-refractivity contribution is 6.89. The Morgan fingerprint density at radius 3 is 2.17 bits per heavy atom. The van der Waals surface area contributed by atoms with E-state index in [9.17, 15) is 0 Å². The van der Waals surface area contributed by atoms with Crippen molar-refractivity contribution in [2.45, 2.75) is 19.6 Å². The molecule has 1 heteroatoms. The van der Waals surface area contributed by atoms with Crippen LogP contribution in [0.5, 0.6) is 0 Å². The summed E-state index contributed by atoms with van der Waals surface area (Å²) in [5.41, 5.74) is 1.30. The van der Waals surface area contributed by atoms with Crippen molar-refractivity contribution in [3.05, 3.63) is 36.4 Å². The van der Waals surface area contributed by atoms with Crippen LogP contribution in [0.15, 0.2) is 30.8 Å². The summed E-state index contributed by atoms with van der Waals surface area (Å²) >= 11 is 0. The van der Waals surface area contributed by atoms with Crippen LogP contribution in [-0.4, -0.2) is 8.07 Å². The van der Waals surface area contributed by atoms with E-state index in [0.717, 1.165) is 0 Å². The van der Waals surface area contributed by atoms with Crippen LogP contribution in [0.1, 0.15) is 5.56 Å². The third-order valence-corrected chi connectivity index (χ3v) is 4.06. The molecule has 0 N–H and O–H groups in total. The third-order valence-electron chi connectivity index (χ3n) is 1.99. The van der Waals surface area contributed by atoms with Crippen molar-refractivity contribution in [3.8, 4) is 0 Å². The minimum absolute atomic E-state index is 1.17. The molecule has 0 aromatic heterocycles. The van der Waals surface area contributed by atoms with Crippen LogP contribution in [-0.2, 0) is 0 Å². The summed E-state index contributed by atoms with van der Waals surface area (Å²) in [5, 5.41) is 1.50. The summed E-state index contributed by atoms with van der Waals surface area (Å²) in [5.74, 6) is 0. The van der Waals surface area contributed by atoms with Gasteiger partial charge in [0.2, 0.25) is 0 Å². The first-order valence-electron chi connectivity index (χ1n) is 4.27. The lowest BCUT2D eigenvalue weighted by Crippen LogP contribution is -2.39. The van der Waals surface area contributed by atoms with Gasteiger partial charge in [-0.25, -0.2) is 0 Å². The molecular weight excluding hydrogens is 160 g/mol. The average molecular weight is 176 g/mol. The predicted molar refractivity (Wildman–Crippen MR) is 59.5 cm³/mol. The fourth-order valence-corrected chi connectivity index (χ4v) is 3.01. The molecule has 0 saturated heterocycles. The molecule has 0 atom stereocenters. The van der Waals surface area contributed by atoms with Crippen molar-refractivity contribution < 1.29 is 0 Å². The zero-order chi connectivity index (χ0) is 9.19. The molecule has 0 fully saturated rings. The van der Waals surface area contributed by atoms with Crippen LogP contribution in [0.3, 0.4) is 0 Å². The van der Waals surface area contributed by atoms with Gasteiger partial charge in [-0.1, -0.05) is 61.7 Å². The van der Waals surface area contributed by atoms with E-state index in [1.807, 2.05) is 6.08 Å². The van der Waals surface area contributed by atoms with Gasteiger partial charge in [0.25, 0.3) is 0 Å². The molecule has 0 aliphatic heterocycles. The Morgan fingerprint density at radius 1 is 1.17 bits per heavy atom. The molecule has 1 aromatic carbocycles. The maximum absolute atomic E-state index is 3.83. The molecule has 0 aliphatic rings. The molecule has 1 rings (SSSR count). The molecule has 12 heavy (non-hydrogen) atoms. The lowest BCUT2D eigenvalue weighted by molar-refractivity contribution is 1.65. The van der Waals surface area contributed by atoms with Gasteiger partial charge in [0.15, 0.2) is 0 Å². The van der Waals surface area contributed by atoms with E-state index in [4.69, 9.17) is 0 Å². The van der Waals surface area contributed by atoms with E-state index >= 15 is 0 Å². The SMILES string of the molecule is C=Cc1ccccc1[Si](C)(C)C. The van der Waals surface area contributed by atoms with Crippen LogP contribution in [0.25, 0.3) is 6.08 Å². The number of hydrogen-bond donors (Lipinski definition) is 0. The fourth-order valence-electron chi connectivity index (χ4n) is 1.36. The van der Waals surface area contributed by atoms with Crippen molar-refractivity contribution in [2.75, 3.05) is 0 Å². The molecule has 64 valence electrons. The quantitative estimate of drug-likeness (QED) is 0.608. The minimum atomic E-state index is -1.17. The second kappa shape index (κ2) is 3.28. The molecule has 0 saturated carbocycles. The molecule has 0 heterocycles. The summed E-state index contributed by atoms with van der Waals surface area (Å²) in [6.07, 6.45) is 1.95. The van der Waals surface area contributed by atoms with Crippen LogP contribution in [0, 0.1) is 0 Å². The number of hydrogen-bond acceptors (Lipinski definition) is 0. The van der Waals surface area contributed by atoms with E-state index in [1.165, 1.54) is 10.8 Å². The highest BCUT2D eigenvalue weighted by atomic mass is 28.3. The number of benzene rings is 1. The molecule has 0 bridgehead atoms. The monoisotopic (exact) mass is 176 g/mol. The van der Waals surface area contributed by atoms with Gasteiger partial charge in [0.1, 0.15) is 0 Å². The number of rotatable bonds is 2. The predicted octanol–water partition coefficient (Wildman–Crippen LogP) is 2.87. The maximum Gasteiger partial charge on any atom is 0.0783 e. The maximum atomic E-state index is 3.83. The van der Waals surface area contributed by atoms with E-state index in [0.29, 0.717) is 0 Å². The van der Waals surface area contributed by atoms with Gasteiger partial charge < -0.3 is 0 Å². The second-order valence-electron chi connectivity index (χ2n) is 4.04. The van der Waals surface area contributed by atoms with Crippen molar-refractivity contribution in [3.63, 3.8) is 0 Å². The van der Waals surface area contributed by atoms with E-state index in [1.54, 1.807) is 0 Å². The zero-order valence-electron chi connectivity index (χ0n) is 8.09. The molecule has 0 nitrogen and oxygen atoms in total. The van der Waals surface area contributed by atoms with Gasteiger partial charge in [-0.3, -0.25) is 0 Å². The topological polar surface area (TPSA) is 0 Å². The largest absolute Gasteiger partial charge is 0.0985 e. The highest BCUT2D eigenvalue weighted by Crippen LogP contribution is 2.07. The summed E-state index contributed by atoms with van der Waals surface area (Å²) in [4.78, 5) is 0. The Balaban J connectivity index is 3.23. The van der Waals surface area contributed by atoms with Crippen LogP contribution in [0.4, 0.5) is 0 Å². The van der Waals surface area contributed by atoms with Crippen molar-refractivity contribution in [2.24, 2.45) is 0 Å². The van der Waals surface area contributed by atoms with Gasteiger partial charge in [0.05, 0.1) is 8.07 Å². The molecule has 0 aliphatic carbocycles. The highest BCUT2D eigenvalue weighted by Gasteiger charge is 2.17. The van der Waals surface area contributed by atoms with Crippen LogP contribution >= 0.6 is 0 Å². The van der Waals surface area contributed by atoms with Crippen molar-refractivity contribution in [1.29, 1.82) is 0 Å². The smallest absolute Gasteiger partial charge is 0.0783 e. The van der Waals surface area contributed by atoms with Gasteiger partial charge in [-0.15, -0.1) is 0 Å². The summed E-state index contributed by atoms with van der Waals surface area (Å²) < 4.78 is 0. The van der Waals surface area contributed by atoms with Gasteiger partial charge >= 0.3 is 0 Å². The van der Waals surface area contributed by atoms with Crippen molar-refractivity contribution >= 4 is 19.3 Å². The molecule has 0 radical (unpaired) electrons. The average Bonchev–Trinajstić information content (AvgIpc) is 2.03. The normalized spacial score (nSPS) is 11.2. The Hall–Kier alpha value is -0.823. The Morgan fingerprint density at radius 2 is 1.75 bits per heavy atom. The van der Waals surface area contributed by atoms with E-state index in [-0.39, 0.29) is 0 Å². The standard InChI is InChI=1S/C11H16Si/c1-5-10-8-6-7-9-11(10)12(2,3)4/h5-9H,1H2,2-4H3. The molecule has 0 unspecified atom stereocenters. The lowest BCUT2D eigenvalue weighted by atomic mass is 10.2. The summed E-state index contributed by atoms with van der Waals surface area (Å²) in [6, 6.07) is 8.55. The first kappa shape index (κ1) is 9.27. The molecule has 0 amide bonds. The fraction of sp³-hybridized carbons (Fsp3) is 0.273. The minimum Gasteiger partial charge on any atom is -0.0985 e. The summed E-state index contributed by atoms with van der Waals surface area (Å²) in [7, 11) is -1.17. The molecule has 0 spiro atoms. The van der Waals surface area contributed by atoms with E-state index in [2.05, 4.69) is 50.5 Å². The Kier molecular flexibility index (Phi) is 2.53. The van der Waals surface area contributed by atoms with Gasteiger partial charge in [0, 0.05) is 0 Å². The van der Waals surface area contributed by atoms with Crippen LogP contribution in [0.2, 0.25) is 19.6 Å². The van der Waals surface area contributed by atoms with Crippen molar-refractivity contribution in [1.82, 2.24) is 0 Å². The summed E-state index contributed by atoms with van der Waals surface area (Å²) in [6.45, 7) is 10.9. The Bertz CT molecular complexity index is 281. The first-order valence-corrected chi connectivity index (χ1v) is 7.77. The van der Waals surface area contributed by atoms with E-state index < -0.39 is 8.07 Å². The first-order chi connectivity index (χ1) is 5.55. The van der Waals surface area contributed by atoms with Gasteiger partial charge in [-0.05, 0) is 5.56 Å². The van der Waals surface area contributed by atoms with Crippen LogP contribution < -0.4 is 5.19 Å². The molecule has 1 aromatic rings.